The van der Waals surface area contributed by atoms with Gasteiger partial charge in [-0.3, -0.25) is 9.78 Å². The van der Waals surface area contributed by atoms with Gasteiger partial charge in [-0.25, -0.2) is 9.97 Å². The highest BCUT2D eigenvalue weighted by Crippen LogP contribution is 2.26. The number of nitrogens with zero attached hydrogens (tertiary/aromatic N) is 4. The lowest BCUT2D eigenvalue weighted by Gasteiger charge is -2.32. The number of aryl methyl sites for hydroxylation is 2. The van der Waals surface area contributed by atoms with E-state index in [0.29, 0.717) is 5.92 Å². The molecule has 7 heteroatoms. The number of rotatable bonds is 4. The molecule has 128 valence electrons. The Morgan fingerprint density at radius 3 is 2.88 bits per heavy atom. The van der Waals surface area contributed by atoms with Gasteiger partial charge in [0.15, 0.2) is 0 Å². The van der Waals surface area contributed by atoms with Crippen LogP contribution < -0.4 is 5.32 Å². The molecule has 3 heterocycles. The van der Waals surface area contributed by atoms with Crippen LogP contribution in [0.25, 0.3) is 0 Å². The Morgan fingerprint density at radius 2 is 2.17 bits per heavy atom. The fourth-order valence-corrected chi connectivity index (χ4v) is 4.18. The summed E-state index contributed by atoms with van der Waals surface area (Å²) in [6, 6.07) is 0. The van der Waals surface area contributed by atoms with Crippen molar-refractivity contribution in [1.29, 1.82) is 0 Å². The Labute approximate surface area is 146 Å². The van der Waals surface area contributed by atoms with Crippen molar-refractivity contribution < 1.29 is 4.79 Å². The van der Waals surface area contributed by atoms with Crippen molar-refractivity contribution in [1.82, 2.24) is 19.9 Å². The molecule has 0 radical (unpaired) electrons. The molecule has 0 unspecified atom stereocenters. The molecule has 1 fully saturated rings. The van der Waals surface area contributed by atoms with Crippen molar-refractivity contribution in [2.75, 3.05) is 25.5 Å². The van der Waals surface area contributed by atoms with Crippen molar-refractivity contribution in [3.05, 3.63) is 33.7 Å². The van der Waals surface area contributed by atoms with Crippen LogP contribution in [0, 0.1) is 19.8 Å². The largest absolute Gasteiger partial charge is 0.372 e. The van der Waals surface area contributed by atoms with Gasteiger partial charge in [-0.15, -0.1) is 11.3 Å². The SMILES string of the molecule is CNc1nccnc1C[C@H]1CCCN(C(=O)c2sc(C)nc2C)C1. The summed E-state index contributed by atoms with van der Waals surface area (Å²) >= 11 is 1.49. The highest BCUT2D eigenvalue weighted by atomic mass is 32.1. The number of thiazole rings is 1. The minimum atomic E-state index is 0.121. The van der Waals surface area contributed by atoms with Gasteiger partial charge in [0.25, 0.3) is 5.91 Å². The first-order valence-corrected chi connectivity index (χ1v) is 9.11. The highest BCUT2D eigenvalue weighted by Gasteiger charge is 2.27. The number of carbonyl (C=O) groups excluding carboxylic acids is 1. The maximum absolute atomic E-state index is 12.8. The molecule has 0 saturated carbocycles. The first kappa shape index (κ1) is 16.8. The molecule has 1 saturated heterocycles. The lowest BCUT2D eigenvalue weighted by molar-refractivity contribution is 0.0677. The first-order chi connectivity index (χ1) is 11.6. The summed E-state index contributed by atoms with van der Waals surface area (Å²) in [5.74, 6) is 1.37. The van der Waals surface area contributed by atoms with E-state index in [0.717, 1.165) is 59.4 Å². The number of nitrogens with one attached hydrogen (secondary N) is 1. The molecule has 2 aromatic rings. The van der Waals surface area contributed by atoms with Gasteiger partial charge in [-0.05, 0) is 39.0 Å². The van der Waals surface area contributed by atoms with E-state index < -0.39 is 0 Å². The molecule has 1 amide bonds. The van der Waals surface area contributed by atoms with Crippen LogP contribution in [0.4, 0.5) is 5.82 Å². The van der Waals surface area contributed by atoms with E-state index in [2.05, 4.69) is 20.3 Å². The maximum atomic E-state index is 12.8. The van der Waals surface area contributed by atoms with Crippen molar-refractivity contribution in [2.45, 2.75) is 33.1 Å². The summed E-state index contributed by atoms with van der Waals surface area (Å²) in [5.41, 5.74) is 1.82. The standard InChI is InChI=1S/C17H23N5OS/c1-11-15(24-12(2)21-11)17(23)22-8-4-5-13(10-22)9-14-16(18-3)20-7-6-19-14/h6-7,13H,4-5,8-10H2,1-3H3,(H,18,20)/t13-/m1/s1. The van der Waals surface area contributed by atoms with Gasteiger partial charge in [0.05, 0.1) is 16.4 Å². The van der Waals surface area contributed by atoms with Crippen molar-refractivity contribution in [2.24, 2.45) is 5.92 Å². The van der Waals surface area contributed by atoms with Crippen LogP contribution >= 0.6 is 11.3 Å². The third-order valence-corrected chi connectivity index (χ3v) is 5.46. The molecule has 0 spiro atoms. The summed E-state index contributed by atoms with van der Waals surface area (Å²) in [5, 5.41) is 4.04. The number of aromatic nitrogens is 3. The average Bonchev–Trinajstić information content (AvgIpc) is 2.93. The van der Waals surface area contributed by atoms with E-state index in [-0.39, 0.29) is 5.91 Å². The molecule has 1 aliphatic rings. The number of amides is 1. The molecule has 1 atom stereocenters. The predicted molar refractivity (Wildman–Crippen MR) is 95.5 cm³/mol. The van der Waals surface area contributed by atoms with E-state index in [4.69, 9.17) is 0 Å². The predicted octanol–water partition coefficient (Wildman–Crippen LogP) is 2.69. The van der Waals surface area contributed by atoms with Crippen LogP contribution in [0.15, 0.2) is 12.4 Å². The smallest absolute Gasteiger partial charge is 0.265 e. The summed E-state index contributed by atoms with van der Waals surface area (Å²) in [4.78, 5) is 28.7. The van der Waals surface area contributed by atoms with Crippen LogP contribution in [-0.2, 0) is 6.42 Å². The zero-order chi connectivity index (χ0) is 17.1. The van der Waals surface area contributed by atoms with Gasteiger partial charge >= 0.3 is 0 Å². The van der Waals surface area contributed by atoms with Gasteiger partial charge in [-0.1, -0.05) is 0 Å². The molecule has 0 aliphatic carbocycles. The van der Waals surface area contributed by atoms with E-state index in [9.17, 15) is 4.79 Å². The van der Waals surface area contributed by atoms with Crippen LogP contribution in [0.1, 0.15) is 38.9 Å². The minimum Gasteiger partial charge on any atom is -0.372 e. The third kappa shape index (κ3) is 3.56. The normalized spacial score (nSPS) is 17.8. The fourth-order valence-electron chi connectivity index (χ4n) is 3.29. The van der Waals surface area contributed by atoms with Crippen molar-refractivity contribution in [3.8, 4) is 0 Å². The number of hydrogen-bond acceptors (Lipinski definition) is 6. The molecular weight excluding hydrogens is 322 g/mol. The Kier molecular flexibility index (Phi) is 5.08. The highest BCUT2D eigenvalue weighted by molar-refractivity contribution is 7.13. The van der Waals surface area contributed by atoms with E-state index in [1.165, 1.54) is 11.3 Å². The van der Waals surface area contributed by atoms with Crippen LogP contribution in [0.5, 0.6) is 0 Å². The monoisotopic (exact) mass is 345 g/mol. The molecule has 0 aromatic carbocycles. The summed E-state index contributed by atoms with van der Waals surface area (Å²) in [7, 11) is 1.86. The quantitative estimate of drug-likeness (QED) is 0.922. The zero-order valence-electron chi connectivity index (χ0n) is 14.4. The molecule has 1 N–H and O–H groups in total. The van der Waals surface area contributed by atoms with Gasteiger partial charge in [0, 0.05) is 32.5 Å². The number of anilines is 1. The average molecular weight is 345 g/mol. The van der Waals surface area contributed by atoms with E-state index in [1.54, 1.807) is 12.4 Å². The molecule has 6 nitrogen and oxygen atoms in total. The summed E-state index contributed by atoms with van der Waals surface area (Å²) < 4.78 is 0. The fraction of sp³-hybridized carbons (Fsp3) is 0.529. The third-order valence-electron chi connectivity index (χ3n) is 4.40. The van der Waals surface area contributed by atoms with Crippen LogP contribution in [0.2, 0.25) is 0 Å². The van der Waals surface area contributed by atoms with Crippen molar-refractivity contribution in [3.63, 3.8) is 0 Å². The number of piperidine rings is 1. The lowest BCUT2D eigenvalue weighted by atomic mass is 9.93. The first-order valence-electron chi connectivity index (χ1n) is 8.29. The topological polar surface area (TPSA) is 71.0 Å². The molecule has 1 aliphatic heterocycles. The van der Waals surface area contributed by atoms with Crippen molar-refractivity contribution >= 4 is 23.1 Å². The van der Waals surface area contributed by atoms with E-state index >= 15 is 0 Å². The molecule has 3 rings (SSSR count). The Hall–Kier alpha value is -2.02. The maximum Gasteiger partial charge on any atom is 0.265 e. The second-order valence-electron chi connectivity index (χ2n) is 6.21. The van der Waals surface area contributed by atoms with Crippen LogP contribution in [-0.4, -0.2) is 45.9 Å². The summed E-state index contributed by atoms with van der Waals surface area (Å²) in [6.45, 7) is 5.46. The minimum absolute atomic E-state index is 0.121. The molecule has 2 aromatic heterocycles. The second kappa shape index (κ2) is 7.25. The number of carbonyl (C=O) groups is 1. The van der Waals surface area contributed by atoms with Gasteiger partial charge < -0.3 is 10.2 Å². The second-order valence-corrected chi connectivity index (χ2v) is 7.42. The Bertz CT molecular complexity index is 730. The number of likely N-dealkylation sites (tertiary alicyclic amines) is 1. The summed E-state index contributed by atoms with van der Waals surface area (Å²) in [6.07, 6.45) is 6.41. The molecule has 24 heavy (non-hydrogen) atoms. The Balaban J connectivity index is 1.70. The van der Waals surface area contributed by atoms with Gasteiger partial charge in [0.2, 0.25) is 0 Å². The van der Waals surface area contributed by atoms with Gasteiger partial charge in [0.1, 0.15) is 10.7 Å². The Morgan fingerprint density at radius 1 is 1.38 bits per heavy atom. The molecule has 0 bridgehead atoms. The molecular formula is C17H23N5OS. The van der Waals surface area contributed by atoms with Crippen LogP contribution in [0.3, 0.4) is 0 Å². The lowest BCUT2D eigenvalue weighted by Crippen LogP contribution is -2.40. The van der Waals surface area contributed by atoms with E-state index in [1.807, 2.05) is 25.8 Å². The number of hydrogen-bond donors (Lipinski definition) is 1. The van der Waals surface area contributed by atoms with Gasteiger partial charge in [-0.2, -0.15) is 0 Å². The zero-order valence-corrected chi connectivity index (χ0v) is 15.2.